The first-order valence-corrected chi connectivity index (χ1v) is 10.7. The number of rotatable bonds is 7. The average Bonchev–Trinajstić information content (AvgIpc) is 3.25. The van der Waals surface area contributed by atoms with Crippen molar-refractivity contribution in [2.75, 3.05) is 13.1 Å². The molecule has 0 N–H and O–H groups in total. The van der Waals surface area contributed by atoms with Crippen LogP contribution in [0.3, 0.4) is 0 Å². The molecule has 5 nitrogen and oxygen atoms in total. The molecule has 0 radical (unpaired) electrons. The van der Waals surface area contributed by atoms with E-state index in [4.69, 9.17) is 4.42 Å². The summed E-state index contributed by atoms with van der Waals surface area (Å²) in [6, 6.07) is 8.47. The van der Waals surface area contributed by atoms with Crippen LogP contribution < -0.4 is 0 Å². The predicted molar refractivity (Wildman–Crippen MR) is 108 cm³/mol. The second kappa shape index (κ2) is 9.37. The van der Waals surface area contributed by atoms with Crippen molar-refractivity contribution in [3.8, 4) is 0 Å². The highest BCUT2D eigenvalue weighted by atomic mass is 16.3. The fraction of sp³-hybridized carbons (Fsp3) is 0.565. The number of hydrogen-bond acceptors (Lipinski definition) is 4. The molecule has 150 valence electrons. The van der Waals surface area contributed by atoms with E-state index in [1.54, 1.807) is 18.7 Å². The standard InChI is InChI=1S/C23H31N3O2/c27-23(9-8-20-5-3-15-25-14-2-1-7-22(20)25)26(18-21-6-4-16-28-21)17-19-10-12-24-13-11-19/h4,6,10-13,16,20,22H,1-3,5,7-9,14-15,17-18H2/t20-,22+/m0/s1. The normalized spacial score (nSPS) is 22.6. The molecule has 0 unspecified atom stereocenters. The first kappa shape index (κ1) is 19.2. The van der Waals surface area contributed by atoms with Gasteiger partial charge in [0.2, 0.25) is 5.91 Å². The molecule has 4 heterocycles. The Morgan fingerprint density at radius 3 is 2.79 bits per heavy atom. The van der Waals surface area contributed by atoms with Gasteiger partial charge >= 0.3 is 0 Å². The van der Waals surface area contributed by atoms with Gasteiger partial charge in [-0.15, -0.1) is 0 Å². The summed E-state index contributed by atoms with van der Waals surface area (Å²) in [7, 11) is 0. The molecule has 2 aromatic rings. The molecule has 2 saturated heterocycles. The molecule has 2 atom stereocenters. The fourth-order valence-electron chi connectivity index (χ4n) is 4.91. The van der Waals surface area contributed by atoms with Crippen LogP contribution >= 0.6 is 0 Å². The Balaban J connectivity index is 1.38. The van der Waals surface area contributed by atoms with Gasteiger partial charge in [0.05, 0.1) is 12.8 Å². The molecule has 2 aliphatic rings. The van der Waals surface area contributed by atoms with Crippen LogP contribution in [0.5, 0.6) is 0 Å². The van der Waals surface area contributed by atoms with Crippen molar-refractivity contribution in [1.29, 1.82) is 0 Å². The van der Waals surface area contributed by atoms with Gasteiger partial charge in [-0.2, -0.15) is 0 Å². The van der Waals surface area contributed by atoms with E-state index in [9.17, 15) is 4.79 Å². The first-order valence-electron chi connectivity index (χ1n) is 10.7. The Labute approximate surface area is 167 Å². The zero-order valence-corrected chi connectivity index (χ0v) is 16.6. The number of furan rings is 1. The lowest BCUT2D eigenvalue weighted by molar-refractivity contribution is -0.133. The predicted octanol–water partition coefficient (Wildman–Crippen LogP) is 4.25. The van der Waals surface area contributed by atoms with Crippen molar-refractivity contribution in [3.63, 3.8) is 0 Å². The van der Waals surface area contributed by atoms with Crippen LogP contribution in [0.2, 0.25) is 0 Å². The number of carbonyl (C=O) groups is 1. The second-order valence-electron chi connectivity index (χ2n) is 8.22. The van der Waals surface area contributed by atoms with Crippen LogP contribution in [0, 0.1) is 5.92 Å². The molecule has 0 spiro atoms. The molecule has 2 aromatic heterocycles. The highest BCUT2D eigenvalue weighted by molar-refractivity contribution is 5.76. The van der Waals surface area contributed by atoms with Crippen LogP contribution in [0.25, 0.3) is 0 Å². The molecule has 0 aromatic carbocycles. The monoisotopic (exact) mass is 381 g/mol. The van der Waals surface area contributed by atoms with Gasteiger partial charge in [0.25, 0.3) is 0 Å². The van der Waals surface area contributed by atoms with E-state index in [-0.39, 0.29) is 5.91 Å². The number of nitrogens with zero attached hydrogens (tertiary/aromatic N) is 3. The zero-order valence-electron chi connectivity index (χ0n) is 16.6. The SMILES string of the molecule is O=C(CC[C@@H]1CCCN2CCCC[C@H]12)N(Cc1ccncc1)Cc1ccco1. The summed E-state index contributed by atoms with van der Waals surface area (Å²) in [6.45, 7) is 3.63. The third-order valence-electron chi connectivity index (χ3n) is 6.36. The Hall–Kier alpha value is -2.14. The molecule has 2 fully saturated rings. The third-order valence-corrected chi connectivity index (χ3v) is 6.36. The van der Waals surface area contributed by atoms with E-state index in [1.807, 2.05) is 29.2 Å². The average molecular weight is 382 g/mol. The summed E-state index contributed by atoms with van der Waals surface area (Å²) in [5.74, 6) is 1.73. The molecular weight excluding hydrogens is 350 g/mol. The highest BCUT2D eigenvalue weighted by Gasteiger charge is 2.33. The van der Waals surface area contributed by atoms with Crippen LogP contribution in [0.1, 0.15) is 56.3 Å². The van der Waals surface area contributed by atoms with E-state index >= 15 is 0 Å². The smallest absolute Gasteiger partial charge is 0.223 e. The number of fused-ring (bicyclic) bond motifs is 1. The number of pyridine rings is 1. The van der Waals surface area contributed by atoms with E-state index in [0.29, 0.717) is 31.5 Å². The lowest BCUT2D eigenvalue weighted by Gasteiger charge is -2.44. The minimum absolute atomic E-state index is 0.223. The van der Waals surface area contributed by atoms with E-state index < -0.39 is 0 Å². The summed E-state index contributed by atoms with van der Waals surface area (Å²) in [4.78, 5) is 21.8. The topological polar surface area (TPSA) is 49.6 Å². The minimum Gasteiger partial charge on any atom is -0.467 e. The Morgan fingerprint density at radius 2 is 1.96 bits per heavy atom. The van der Waals surface area contributed by atoms with Crippen molar-refractivity contribution in [2.24, 2.45) is 5.92 Å². The summed E-state index contributed by atoms with van der Waals surface area (Å²) >= 11 is 0. The molecule has 1 amide bonds. The molecule has 0 aliphatic carbocycles. The van der Waals surface area contributed by atoms with Gasteiger partial charge in [0, 0.05) is 31.4 Å². The van der Waals surface area contributed by atoms with Gasteiger partial charge in [-0.05, 0) is 80.9 Å². The summed E-state index contributed by atoms with van der Waals surface area (Å²) in [5.41, 5.74) is 1.10. The number of amides is 1. The van der Waals surface area contributed by atoms with Gasteiger partial charge < -0.3 is 14.2 Å². The molecule has 0 bridgehead atoms. The molecule has 0 saturated carbocycles. The van der Waals surface area contributed by atoms with Crippen LogP contribution in [-0.2, 0) is 17.9 Å². The Morgan fingerprint density at radius 1 is 1.11 bits per heavy atom. The fourth-order valence-corrected chi connectivity index (χ4v) is 4.91. The largest absolute Gasteiger partial charge is 0.467 e. The van der Waals surface area contributed by atoms with Gasteiger partial charge in [0.15, 0.2) is 0 Å². The molecule has 2 aliphatic heterocycles. The number of aromatic nitrogens is 1. The van der Waals surface area contributed by atoms with Crippen molar-refractivity contribution in [3.05, 3.63) is 54.2 Å². The summed E-state index contributed by atoms with van der Waals surface area (Å²) < 4.78 is 5.50. The maximum absolute atomic E-state index is 13.1. The van der Waals surface area contributed by atoms with Crippen LogP contribution in [-0.4, -0.2) is 39.8 Å². The lowest BCUT2D eigenvalue weighted by Crippen LogP contribution is -2.48. The Bertz CT molecular complexity index is 730. The van der Waals surface area contributed by atoms with E-state index in [2.05, 4.69) is 9.88 Å². The molecule has 5 heteroatoms. The van der Waals surface area contributed by atoms with Crippen LogP contribution in [0.15, 0.2) is 47.3 Å². The highest BCUT2D eigenvalue weighted by Crippen LogP contribution is 2.33. The van der Waals surface area contributed by atoms with Gasteiger partial charge in [0.1, 0.15) is 5.76 Å². The quantitative estimate of drug-likeness (QED) is 0.719. The molecule has 28 heavy (non-hydrogen) atoms. The first-order chi connectivity index (χ1) is 13.8. The minimum atomic E-state index is 0.223. The van der Waals surface area contributed by atoms with Gasteiger partial charge in [-0.3, -0.25) is 9.78 Å². The van der Waals surface area contributed by atoms with Gasteiger partial charge in [-0.25, -0.2) is 0 Å². The second-order valence-corrected chi connectivity index (χ2v) is 8.22. The van der Waals surface area contributed by atoms with E-state index in [1.165, 1.54) is 45.2 Å². The number of piperidine rings is 2. The number of carbonyl (C=O) groups excluding carboxylic acids is 1. The van der Waals surface area contributed by atoms with Crippen molar-refractivity contribution in [2.45, 2.75) is 64.1 Å². The Kier molecular flexibility index (Phi) is 6.42. The van der Waals surface area contributed by atoms with Gasteiger partial charge in [-0.1, -0.05) is 6.42 Å². The van der Waals surface area contributed by atoms with Crippen molar-refractivity contribution < 1.29 is 9.21 Å². The zero-order chi connectivity index (χ0) is 19.2. The van der Waals surface area contributed by atoms with Crippen molar-refractivity contribution >= 4 is 5.91 Å². The number of hydrogen-bond donors (Lipinski definition) is 0. The summed E-state index contributed by atoms with van der Waals surface area (Å²) in [5, 5.41) is 0. The molecular formula is C23H31N3O2. The van der Waals surface area contributed by atoms with E-state index in [0.717, 1.165) is 17.7 Å². The maximum Gasteiger partial charge on any atom is 0.223 e. The lowest BCUT2D eigenvalue weighted by atomic mass is 9.81. The van der Waals surface area contributed by atoms with Crippen molar-refractivity contribution in [1.82, 2.24) is 14.8 Å². The maximum atomic E-state index is 13.1. The van der Waals surface area contributed by atoms with Crippen LogP contribution in [0.4, 0.5) is 0 Å². The molecule has 4 rings (SSSR count). The summed E-state index contributed by atoms with van der Waals surface area (Å²) in [6.07, 6.45) is 13.4. The third kappa shape index (κ3) is 4.82.